The maximum absolute atomic E-state index is 4.85. The fourth-order valence-electron chi connectivity index (χ4n) is 7.21. The summed E-state index contributed by atoms with van der Waals surface area (Å²) >= 11 is 1.85. The lowest BCUT2D eigenvalue weighted by Gasteiger charge is -2.28. The minimum absolute atomic E-state index is 0.0905. The molecule has 214 valence electrons. The number of thiophene rings is 1. The van der Waals surface area contributed by atoms with Crippen LogP contribution in [0.1, 0.15) is 25.0 Å². The van der Waals surface area contributed by atoms with E-state index in [9.17, 15) is 0 Å². The van der Waals surface area contributed by atoms with E-state index >= 15 is 0 Å². The molecule has 3 heteroatoms. The average Bonchev–Trinajstić information content (AvgIpc) is 3.56. The molecule has 2 aromatic heterocycles. The zero-order valence-corrected chi connectivity index (χ0v) is 26.0. The molecule has 0 amide bonds. The van der Waals surface area contributed by atoms with Crippen molar-refractivity contribution in [1.82, 2.24) is 4.98 Å². The lowest BCUT2D eigenvalue weighted by atomic mass is 9.82. The highest BCUT2D eigenvalue weighted by Crippen LogP contribution is 2.51. The van der Waals surface area contributed by atoms with Gasteiger partial charge in [-0.3, -0.25) is 4.98 Å². The summed E-state index contributed by atoms with van der Waals surface area (Å²) in [6, 6.07) is 48.6. The predicted octanol–water partition coefficient (Wildman–Crippen LogP) is 12.0. The molecule has 0 spiro atoms. The van der Waals surface area contributed by atoms with Crippen molar-refractivity contribution in [3.63, 3.8) is 0 Å². The second-order valence-electron chi connectivity index (χ2n) is 12.5. The van der Waals surface area contributed by atoms with Gasteiger partial charge in [0.25, 0.3) is 0 Å². The molecular formula is C42H30N2S. The summed E-state index contributed by atoms with van der Waals surface area (Å²) < 4.78 is 2.52. The largest absolute Gasteiger partial charge is 0.308 e. The van der Waals surface area contributed by atoms with E-state index in [-0.39, 0.29) is 5.41 Å². The van der Waals surface area contributed by atoms with Crippen molar-refractivity contribution in [2.75, 3.05) is 4.90 Å². The van der Waals surface area contributed by atoms with Gasteiger partial charge in [0.2, 0.25) is 0 Å². The van der Waals surface area contributed by atoms with Gasteiger partial charge in [0.15, 0.2) is 0 Å². The molecule has 45 heavy (non-hydrogen) atoms. The maximum atomic E-state index is 4.85. The molecular weight excluding hydrogens is 565 g/mol. The summed E-state index contributed by atoms with van der Waals surface area (Å²) in [6.07, 6.45) is 4.07. The number of hydrogen-bond donors (Lipinski definition) is 0. The van der Waals surface area contributed by atoms with Gasteiger partial charge in [-0.05, 0) is 80.6 Å². The van der Waals surface area contributed by atoms with Crippen LogP contribution in [0.5, 0.6) is 0 Å². The Morgan fingerprint density at radius 1 is 0.556 bits per heavy atom. The standard InChI is InChI=1S/C42H30N2S/c1-42(2)37-15-9-8-14-33(37)34-21-20-32(24-38(34)42)44(31-18-16-28(17-19-31)27-10-4-3-5-11-27)39-26-43-25-36-35-22-29-12-6-7-13-30(29)23-40(35)45-41(36)39/h3-26H,1-2H3. The van der Waals surface area contributed by atoms with Gasteiger partial charge in [0.05, 0.1) is 16.6 Å². The number of hydrogen-bond acceptors (Lipinski definition) is 3. The first-order valence-corrected chi connectivity index (χ1v) is 16.3. The summed E-state index contributed by atoms with van der Waals surface area (Å²) in [5.41, 5.74) is 11.1. The van der Waals surface area contributed by atoms with Gasteiger partial charge >= 0.3 is 0 Å². The van der Waals surface area contributed by atoms with E-state index in [1.54, 1.807) is 0 Å². The molecule has 0 fully saturated rings. The van der Waals surface area contributed by atoms with E-state index < -0.39 is 0 Å². The Hall–Kier alpha value is -5.25. The zero-order chi connectivity index (χ0) is 30.1. The van der Waals surface area contributed by atoms with E-state index in [0.29, 0.717) is 0 Å². The molecule has 0 radical (unpaired) electrons. The van der Waals surface area contributed by atoms with Crippen molar-refractivity contribution in [3.05, 3.63) is 157 Å². The molecule has 8 aromatic rings. The van der Waals surface area contributed by atoms with Crippen LogP contribution in [0.25, 0.3) is 53.2 Å². The van der Waals surface area contributed by atoms with Gasteiger partial charge in [-0.1, -0.05) is 111 Å². The molecule has 6 aromatic carbocycles. The highest BCUT2D eigenvalue weighted by Gasteiger charge is 2.35. The fraction of sp³-hybridized carbons (Fsp3) is 0.0714. The number of rotatable bonds is 4. The van der Waals surface area contributed by atoms with E-state index in [4.69, 9.17) is 4.98 Å². The smallest absolute Gasteiger partial charge is 0.0824 e. The molecule has 0 unspecified atom stereocenters. The molecule has 1 aliphatic carbocycles. The first-order valence-electron chi connectivity index (χ1n) is 15.5. The SMILES string of the molecule is CC1(C)c2ccccc2-c2ccc(N(c3ccc(-c4ccccc4)cc3)c3cncc4c3sc3cc5ccccc5cc34)cc21. The normalized spacial score (nSPS) is 13.3. The Bertz CT molecular complexity index is 2400. The monoisotopic (exact) mass is 594 g/mol. The molecule has 0 atom stereocenters. The minimum Gasteiger partial charge on any atom is -0.308 e. The Morgan fingerprint density at radius 3 is 2.04 bits per heavy atom. The van der Waals surface area contributed by atoms with Gasteiger partial charge in [-0.15, -0.1) is 11.3 Å². The number of pyridine rings is 1. The number of fused-ring (bicyclic) bond motifs is 7. The Balaban J connectivity index is 1.27. The molecule has 2 heterocycles. The van der Waals surface area contributed by atoms with Crippen LogP contribution in [0.4, 0.5) is 17.1 Å². The van der Waals surface area contributed by atoms with Crippen LogP contribution in [0, 0.1) is 0 Å². The summed E-state index contributed by atoms with van der Waals surface area (Å²) in [6.45, 7) is 4.69. The van der Waals surface area contributed by atoms with Crippen molar-refractivity contribution >= 4 is 59.3 Å². The van der Waals surface area contributed by atoms with Gasteiger partial charge in [0.1, 0.15) is 0 Å². The number of aromatic nitrogens is 1. The van der Waals surface area contributed by atoms with Crippen molar-refractivity contribution < 1.29 is 0 Å². The van der Waals surface area contributed by atoms with Crippen LogP contribution < -0.4 is 4.90 Å². The number of nitrogens with zero attached hydrogens (tertiary/aromatic N) is 2. The van der Waals surface area contributed by atoms with Crippen LogP contribution in [-0.2, 0) is 5.41 Å². The maximum Gasteiger partial charge on any atom is 0.0824 e. The Kier molecular flexibility index (Phi) is 5.75. The third kappa shape index (κ3) is 4.04. The average molecular weight is 595 g/mol. The molecule has 0 saturated heterocycles. The molecule has 0 N–H and O–H groups in total. The Labute approximate surface area is 266 Å². The molecule has 9 rings (SSSR count). The van der Waals surface area contributed by atoms with E-state index in [0.717, 1.165) is 17.1 Å². The molecule has 0 bridgehead atoms. The molecule has 1 aliphatic rings. The van der Waals surface area contributed by atoms with E-state index in [2.05, 4.69) is 152 Å². The number of benzene rings is 6. The first kappa shape index (κ1) is 26.2. The van der Waals surface area contributed by atoms with Crippen LogP contribution in [0.3, 0.4) is 0 Å². The van der Waals surface area contributed by atoms with Crippen LogP contribution in [0.15, 0.2) is 146 Å². The summed E-state index contributed by atoms with van der Waals surface area (Å²) in [4.78, 5) is 7.25. The van der Waals surface area contributed by atoms with Crippen molar-refractivity contribution in [2.45, 2.75) is 19.3 Å². The molecule has 0 saturated carbocycles. The van der Waals surface area contributed by atoms with Crippen molar-refractivity contribution in [1.29, 1.82) is 0 Å². The van der Waals surface area contributed by atoms with E-state index in [1.807, 2.05) is 23.7 Å². The summed E-state index contributed by atoms with van der Waals surface area (Å²) in [5.74, 6) is 0. The quantitative estimate of drug-likeness (QED) is 0.201. The predicted molar refractivity (Wildman–Crippen MR) is 192 cm³/mol. The van der Waals surface area contributed by atoms with Crippen molar-refractivity contribution in [3.8, 4) is 22.3 Å². The van der Waals surface area contributed by atoms with Crippen LogP contribution >= 0.6 is 11.3 Å². The zero-order valence-electron chi connectivity index (χ0n) is 25.2. The Morgan fingerprint density at radius 2 is 1.22 bits per heavy atom. The van der Waals surface area contributed by atoms with Crippen LogP contribution in [0.2, 0.25) is 0 Å². The second-order valence-corrected chi connectivity index (χ2v) is 13.5. The molecule has 2 nitrogen and oxygen atoms in total. The van der Waals surface area contributed by atoms with Gasteiger partial charge < -0.3 is 4.90 Å². The number of anilines is 3. The van der Waals surface area contributed by atoms with Crippen molar-refractivity contribution in [2.24, 2.45) is 0 Å². The summed E-state index contributed by atoms with van der Waals surface area (Å²) in [7, 11) is 0. The fourth-order valence-corrected chi connectivity index (χ4v) is 8.42. The second kappa shape index (κ2) is 9.88. The topological polar surface area (TPSA) is 16.1 Å². The minimum atomic E-state index is -0.0905. The first-order chi connectivity index (χ1) is 22.1. The van der Waals surface area contributed by atoms with E-state index in [1.165, 1.54) is 64.3 Å². The molecule has 0 aliphatic heterocycles. The van der Waals surface area contributed by atoms with Gasteiger partial charge in [-0.2, -0.15) is 0 Å². The lowest BCUT2D eigenvalue weighted by molar-refractivity contribution is 0.660. The third-order valence-electron chi connectivity index (χ3n) is 9.53. The highest BCUT2D eigenvalue weighted by atomic mass is 32.1. The summed E-state index contributed by atoms with van der Waals surface area (Å²) in [5, 5.41) is 4.97. The van der Waals surface area contributed by atoms with Gasteiger partial charge in [-0.25, -0.2) is 0 Å². The highest BCUT2D eigenvalue weighted by molar-refractivity contribution is 7.26. The lowest BCUT2D eigenvalue weighted by Crippen LogP contribution is -2.16. The van der Waals surface area contributed by atoms with Gasteiger partial charge in [0, 0.05) is 38.5 Å². The van der Waals surface area contributed by atoms with Crippen LogP contribution in [-0.4, -0.2) is 4.98 Å². The third-order valence-corrected chi connectivity index (χ3v) is 10.7.